The molecule has 0 spiro atoms. The van der Waals surface area contributed by atoms with E-state index in [1.807, 2.05) is 19.1 Å². The van der Waals surface area contributed by atoms with Gasteiger partial charge in [-0.1, -0.05) is 30.4 Å². The summed E-state index contributed by atoms with van der Waals surface area (Å²) in [5.74, 6) is -2.33. The van der Waals surface area contributed by atoms with Gasteiger partial charge in [0.05, 0.1) is 5.56 Å². The maximum atomic E-state index is 14.9. The van der Waals surface area contributed by atoms with E-state index >= 15 is 0 Å². The first-order chi connectivity index (χ1) is 16.9. The fourth-order valence-electron chi connectivity index (χ4n) is 5.80. The number of hydrogen-bond acceptors (Lipinski definition) is 2. The zero-order valence-electron chi connectivity index (χ0n) is 20.2. The zero-order chi connectivity index (χ0) is 24.9. The van der Waals surface area contributed by atoms with Crippen molar-refractivity contribution >= 4 is 5.97 Å². The summed E-state index contributed by atoms with van der Waals surface area (Å²) in [5, 5.41) is 0. The molecule has 4 atom stereocenters. The Kier molecular flexibility index (Phi) is 8.15. The Hall–Kier alpha value is -2.82. The molecule has 0 N–H and O–H groups in total. The summed E-state index contributed by atoms with van der Waals surface area (Å²) < 4.78 is 48.8. The lowest BCUT2D eigenvalue weighted by Gasteiger charge is -2.41. The lowest BCUT2D eigenvalue weighted by molar-refractivity contribution is 0.0721. The predicted molar refractivity (Wildman–Crippen MR) is 132 cm³/mol. The van der Waals surface area contributed by atoms with Gasteiger partial charge in [-0.3, -0.25) is 0 Å². The fourth-order valence-corrected chi connectivity index (χ4v) is 5.80. The van der Waals surface area contributed by atoms with Gasteiger partial charge in [0.15, 0.2) is 11.6 Å². The molecule has 2 fully saturated rings. The lowest BCUT2D eigenvalue weighted by Crippen LogP contribution is -2.30. The standard InChI is InChI=1S/C30H33F3O2/c1-3-5-6-7-20-13-15-27(29(33)28(20)32)35-30(34)25-14-12-24(18-26(25)31)23-11-10-21-16-19(4-2)8-9-22(21)17-23/h3-5,12-15,18-19,21-23H,2,6-11,16-17H2,1H3/b5-3+. The van der Waals surface area contributed by atoms with Crippen molar-refractivity contribution in [1.82, 2.24) is 0 Å². The molecule has 0 amide bonds. The van der Waals surface area contributed by atoms with E-state index in [1.165, 1.54) is 43.5 Å². The lowest BCUT2D eigenvalue weighted by atomic mass is 9.64. The van der Waals surface area contributed by atoms with Crippen LogP contribution in [0.2, 0.25) is 0 Å². The predicted octanol–water partition coefficient (Wildman–Crippen LogP) is 8.32. The van der Waals surface area contributed by atoms with Crippen LogP contribution < -0.4 is 4.74 Å². The van der Waals surface area contributed by atoms with Gasteiger partial charge in [0.2, 0.25) is 5.82 Å². The van der Waals surface area contributed by atoms with E-state index in [0.717, 1.165) is 24.8 Å². The number of rotatable bonds is 7. The van der Waals surface area contributed by atoms with E-state index in [0.29, 0.717) is 30.6 Å². The Morgan fingerprint density at radius 2 is 1.80 bits per heavy atom. The van der Waals surface area contributed by atoms with Crippen LogP contribution in [-0.4, -0.2) is 5.97 Å². The normalized spacial score (nSPS) is 24.2. The van der Waals surface area contributed by atoms with Crippen molar-refractivity contribution < 1.29 is 22.7 Å². The largest absolute Gasteiger partial charge is 0.420 e. The number of ether oxygens (including phenoxy) is 1. The molecule has 0 aliphatic heterocycles. The van der Waals surface area contributed by atoms with Crippen LogP contribution in [0.4, 0.5) is 13.2 Å². The van der Waals surface area contributed by atoms with Crippen LogP contribution in [-0.2, 0) is 6.42 Å². The summed E-state index contributed by atoms with van der Waals surface area (Å²) in [7, 11) is 0. The van der Waals surface area contributed by atoms with Crippen molar-refractivity contribution in [2.24, 2.45) is 17.8 Å². The average Bonchev–Trinajstić information content (AvgIpc) is 2.87. The van der Waals surface area contributed by atoms with E-state index in [2.05, 4.69) is 12.7 Å². The Morgan fingerprint density at radius 1 is 1.03 bits per heavy atom. The van der Waals surface area contributed by atoms with Gasteiger partial charge >= 0.3 is 5.97 Å². The van der Waals surface area contributed by atoms with Gasteiger partial charge in [-0.05, 0) is 111 Å². The van der Waals surface area contributed by atoms with E-state index in [4.69, 9.17) is 4.74 Å². The maximum Gasteiger partial charge on any atom is 0.346 e. The Labute approximate surface area is 205 Å². The van der Waals surface area contributed by atoms with Crippen LogP contribution in [0.15, 0.2) is 55.1 Å². The van der Waals surface area contributed by atoms with Gasteiger partial charge in [-0.15, -0.1) is 6.58 Å². The summed E-state index contributed by atoms with van der Waals surface area (Å²) in [5.41, 5.74) is 0.792. The summed E-state index contributed by atoms with van der Waals surface area (Å²) in [4.78, 5) is 12.6. The first-order valence-corrected chi connectivity index (χ1v) is 12.6. The molecule has 5 heteroatoms. The smallest absolute Gasteiger partial charge is 0.346 e. The number of halogens is 3. The summed E-state index contributed by atoms with van der Waals surface area (Å²) in [6.45, 7) is 5.80. The molecule has 0 saturated heterocycles. The molecule has 2 saturated carbocycles. The van der Waals surface area contributed by atoms with Gasteiger partial charge < -0.3 is 4.74 Å². The van der Waals surface area contributed by atoms with Crippen molar-refractivity contribution in [1.29, 1.82) is 0 Å². The molecule has 0 heterocycles. The third-order valence-corrected chi connectivity index (χ3v) is 7.82. The minimum Gasteiger partial charge on any atom is -0.420 e. The molecule has 0 aromatic heterocycles. The molecular weight excluding hydrogens is 449 g/mol. The van der Waals surface area contributed by atoms with Crippen LogP contribution in [0.5, 0.6) is 5.75 Å². The minimum atomic E-state index is -1.24. The summed E-state index contributed by atoms with van der Waals surface area (Å²) in [6.07, 6.45) is 13.4. The number of esters is 1. The quantitative estimate of drug-likeness (QED) is 0.225. The Bertz CT molecular complexity index is 1110. The van der Waals surface area contributed by atoms with Crippen LogP contribution in [0.25, 0.3) is 0 Å². The Balaban J connectivity index is 1.42. The van der Waals surface area contributed by atoms with Gasteiger partial charge in [0, 0.05) is 0 Å². The Morgan fingerprint density at radius 3 is 2.54 bits per heavy atom. The monoisotopic (exact) mass is 482 g/mol. The molecule has 2 nitrogen and oxygen atoms in total. The molecule has 0 bridgehead atoms. The highest BCUT2D eigenvalue weighted by molar-refractivity contribution is 5.91. The van der Waals surface area contributed by atoms with Gasteiger partial charge in [-0.2, -0.15) is 4.39 Å². The molecule has 2 aromatic carbocycles. The van der Waals surface area contributed by atoms with Crippen LogP contribution in [0.3, 0.4) is 0 Å². The van der Waals surface area contributed by atoms with Gasteiger partial charge in [0.1, 0.15) is 5.82 Å². The average molecular weight is 483 g/mol. The number of aryl methyl sites for hydroxylation is 1. The van der Waals surface area contributed by atoms with Crippen molar-refractivity contribution in [2.45, 2.75) is 64.2 Å². The maximum absolute atomic E-state index is 14.9. The van der Waals surface area contributed by atoms with Gasteiger partial charge in [-0.25, -0.2) is 13.6 Å². The molecule has 0 radical (unpaired) electrons. The van der Waals surface area contributed by atoms with E-state index < -0.39 is 29.2 Å². The number of fused-ring (bicyclic) bond motifs is 1. The third-order valence-electron chi connectivity index (χ3n) is 7.82. The second-order valence-electron chi connectivity index (χ2n) is 9.93. The van der Waals surface area contributed by atoms with E-state index in [1.54, 1.807) is 6.07 Å². The molecule has 2 aliphatic carbocycles. The summed E-state index contributed by atoms with van der Waals surface area (Å²) >= 11 is 0. The highest BCUT2D eigenvalue weighted by Gasteiger charge is 2.35. The van der Waals surface area contributed by atoms with Crippen molar-refractivity contribution in [3.63, 3.8) is 0 Å². The summed E-state index contributed by atoms with van der Waals surface area (Å²) in [6, 6.07) is 7.17. The molecular formula is C30H33F3O2. The second-order valence-corrected chi connectivity index (χ2v) is 9.93. The van der Waals surface area contributed by atoms with Crippen molar-refractivity contribution in [3.05, 3.63) is 89.3 Å². The van der Waals surface area contributed by atoms with Crippen LogP contribution in [0, 0.1) is 35.2 Å². The van der Waals surface area contributed by atoms with Crippen molar-refractivity contribution in [3.8, 4) is 5.75 Å². The van der Waals surface area contributed by atoms with Crippen LogP contribution in [0.1, 0.15) is 79.3 Å². The first kappa shape index (κ1) is 25.3. The molecule has 186 valence electrons. The van der Waals surface area contributed by atoms with Crippen LogP contribution >= 0.6 is 0 Å². The molecule has 35 heavy (non-hydrogen) atoms. The molecule has 4 unspecified atom stereocenters. The molecule has 2 aliphatic rings. The molecule has 4 rings (SSSR count). The number of carbonyl (C=O) groups excluding carboxylic acids is 1. The topological polar surface area (TPSA) is 26.3 Å². The van der Waals surface area contributed by atoms with Gasteiger partial charge in [0.25, 0.3) is 0 Å². The second kappa shape index (κ2) is 11.3. The van der Waals surface area contributed by atoms with E-state index in [-0.39, 0.29) is 17.0 Å². The SMILES string of the molecule is C=CC1CCC2CC(c3ccc(C(=O)Oc4ccc(CC/C=C/C)c(F)c4F)c(F)c3)CCC2C1. The highest BCUT2D eigenvalue weighted by atomic mass is 19.2. The number of allylic oxidation sites excluding steroid dienone is 3. The number of benzene rings is 2. The number of carbonyl (C=O) groups is 1. The van der Waals surface area contributed by atoms with Crippen molar-refractivity contribution in [2.75, 3.05) is 0 Å². The van der Waals surface area contributed by atoms with E-state index in [9.17, 15) is 18.0 Å². The minimum absolute atomic E-state index is 0.198. The molecule has 2 aromatic rings. The highest BCUT2D eigenvalue weighted by Crippen LogP contribution is 2.47. The first-order valence-electron chi connectivity index (χ1n) is 12.6. The fraction of sp³-hybridized carbons (Fsp3) is 0.433. The zero-order valence-corrected chi connectivity index (χ0v) is 20.2. The number of hydrogen-bond donors (Lipinski definition) is 0. The third kappa shape index (κ3) is 5.71.